The number of nitrogens with zero attached hydrogens (tertiary/aromatic N) is 2. The van der Waals surface area contributed by atoms with E-state index in [9.17, 15) is 4.79 Å². The summed E-state index contributed by atoms with van der Waals surface area (Å²) < 4.78 is 0. The average molecular weight is 295 g/mol. The Kier molecular flexibility index (Phi) is 4.66. The summed E-state index contributed by atoms with van der Waals surface area (Å²) in [6.45, 7) is 5.81. The van der Waals surface area contributed by atoms with E-state index < -0.39 is 0 Å². The molecule has 19 heavy (non-hydrogen) atoms. The fourth-order valence-electron chi connectivity index (χ4n) is 1.74. The van der Waals surface area contributed by atoms with Crippen LogP contribution in [0, 0.1) is 0 Å². The highest BCUT2D eigenvalue weighted by molar-refractivity contribution is 8.18. The number of carbonyl (C=O) groups is 1. The predicted octanol–water partition coefficient (Wildman–Crippen LogP) is 3.65. The van der Waals surface area contributed by atoms with Gasteiger partial charge in [-0.25, -0.2) is 0 Å². The molecule has 1 aliphatic heterocycles. The number of thioether (sulfide) groups is 1. The highest BCUT2D eigenvalue weighted by atomic mass is 35.5. The van der Waals surface area contributed by atoms with E-state index in [0.717, 1.165) is 23.8 Å². The van der Waals surface area contributed by atoms with Crippen LogP contribution >= 0.6 is 23.4 Å². The molecule has 1 aliphatic rings. The minimum Gasteiger partial charge on any atom is -0.351 e. The minimum absolute atomic E-state index is 0.165. The van der Waals surface area contributed by atoms with Crippen LogP contribution in [0.1, 0.15) is 19.4 Å². The Morgan fingerprint density at radius 2 is 1.89 bits per heavy atom. The lowest BCUT2D eigenvalue weighted by atomic mass is 10.2. The van der Waals surface area contributed by atoms with Gasteiger partial charge in [-0.1, -0.05) is 23.7 Å². The predicted molar refractivity (Wildman–Crippen MR) is 82.4 cm³/mol. The molecular weight excluding hydrogens is 280 g/mol. The van der Waals surface area contributed by atoms with Gasteiger partial charge in [-0.3, -0.25) is 4.79 Å². The third-order valence-corrected chi connectivity index (χ3v) is 4.11. The number of aliphatic imine (C=N–C) groups is 1. The van der Waals surface area contributed by atoms with Crippen molar-refractivity contribution in [1.29, 1.82) is 0 Å². The number of carbonyl (C=O) groups excluding carboxylic acids is 1. The lowest BCUT2D eigenvalue weighted by Crippen LogP contribution is -2.26. The third-order valence-electron chi connectivity index (χ3n) is 2.81. The number of hydrogen-bond donors (Lipinski definition) is 0. The van der Waals surface area contributed by atoms with Gasteiger partial charge in [0.25, 0.3) is 5.91 Å². The van der Waals surface area contributed by atoms with Gasteiger partial charge < -0.3 is 4.90 Å². The number of benzene rings is 1. The molecule has 0 saturated carbocycles. The number of rotatable bonds is 3. The summed E-state index contributed by atoms with van der Waals surface area (Å²) in [7, 11) is 0. The summed E-state index contributed by atoms with van der Waals surface area (Å²) in [6, 6.07) is 7.39. The second-order valence-electron chi connectivity index (χ2n) is 4.03. The zero-order valence-electron chi connectivity index (χ0n) is 10.9. The number of amidine groups is 1. The first-order chi connectivity index (χ1) is 9.13. The SMILES string of the molecule is CCN(CC)C1=NC(=O)C(=Cc2ccc(Cl)cc2)S1. The minimum atomic E-state index is -0.165. The Bertz CT molecular complexity index is 533. The molecule has 1 aromatic rings. The fourth-order valence-corrected chi connectivity index (χ4v) is 2.90. The first-order valence-corrected chi connectivity index (χ1v) is 7.36. The van der Waals surface area contributed by atoms with E-state index in [0.29, 0.717) is 9.93 Å². The lowest BCUT2D eigenvalue weighted by molar-refractivity contribution is -0.113. The first-order valence-electron chi connectivity index (χ1n) is 6.17. The highest BCUT2D eigenvalue weighted by Crippen LogP contribution is 2.30. The van der Waals surface area contributed by atoms with Crippen LogP contribution in [-0.4, -0.2) is 29.1 Å². The summed E-state index contributed by atoms with van der Waals surface area (Å²) in [6.07, 6.45) is 1.85. The van der Waals surface area contributed by atoms with Crippen LogP contribution in [0.3, 0.4) is 0 Å². The zero-order chi connectivity index (χ0) is 13.8. The molecule has 0 unspecified atom stereocenters. The molecule has 1 aromatic carbocycles. The molecule has 0 aliphatic carbocycles. The molecule has 3 nitrogen and oxygen atoms in total. The number of hydrogen-bond acceptors (Lipinski definition) is 3. The number of halogens is 1. The maximum Gasteiger partial charge on any atom is 0.286 e. The molecule has 0 atom stereocenters. The van der Waals surface area contributed by atoms with Crippen LogP contribution in [0.25, 0.3) is 6.08 Å². The van der Waals surface area contributed by atoms with Crippen LogP contribution in [-0.2, 0) is 4.79 Å². The second-order valence-corrected chi connectivity index (χ2v) is 5.48. The van der Waals surface area contributed by atoms with Crippen molar-refractivity contribution in [1.82, 2.24) is 4.90 Å². The van der Waals surface area contributed by atoms with E-state index >= 15 is 0 Å². The topological polar surface area (TPSA) is 32.7 Å². The summed E-state index contributed by atoms with van der Waals surface area (Å²) in [5, 5.41) is 1.47. The summed E-state index contributed by atoms with van der Waals surface area (Å²) >= 11 is 7.27. The largest absolute Gasteiger partial charge is 0.351 e. The molecule has 2 rings (SSSR count). The summed E-state index contributed by atoms with van der Waals surface area (Å²) in [4.78, 5) is 18.7. The highest BCUT2D eigenvalue weighted by Gasteiger charge is 2.24. The smallest absolute Gasteiger partial charge is 0.286 e. The molecule has 5 heteroatoms. The van der Waals surface area contributed by atoms with Crippen LogP contribution < -0.4 is 0 Å². The van der Waals surface area contributed by atoms with Crippen molar-refractivity contribution in [3.05, 3.63) is 39.8 Å². The van der Waals surface area contributed by atoms with Crippen molar-refractivity contribution in [2.45, 2.75) is 13.8 Å². The Labute approximate surface area is 122 Å². The van der Waals surface area contributed by atoms with Crippen molar-refractivity contribution in [3.8, 4) is 0 Å². The van der Waals surface area contributed by atoms with Gasteiger partial charge in [0.15, 0.2) is 5.17 Å². The summed E-state index contributed by atoms with van der Waals surface area (Å²) in [5.74, 6) is -0.165. The maximum atomic E-state index is 11.9. The van der Waals surface area contributed by atoms with E-state index in [2.05, 4.69) is 23.7 Å². The van der Waals surface area contributed by atoms with Crippen molar-refractivity contribution in [2.24, 2.45) is 4.99 Å². The average Bonchev–Trinajstić information content (AvgIpc) is 2.75. The van der Waals surface area contributed by atoms with E-state index in [1.54, 1.807) is 0 Å². The molecule has 0 spiro atoms. The first kappa shape index (κ1) is 14.2. The van der Waals surface area contributed by atoms with Gasteiger partial charge >= 0.3 is 0 Å². The van der Waals surface area contributed by atoms with Gasteiger partial charge in [0.05, 0.1) is 4.91 Å². The van der Waals surface area contributed by atoms with Gasteiger partial charge in [0.2, 0.25) is 0 Å². The molecule has 0 saturated heterocycles. The van der Waals surface area contributed by atoms with Crippen LogP contribution in [0.15, 0.2) is 34.2 Å². The van der Waals surface area contributed by atoms with Gasteiger partial charge in [-0.2, -0.15) is 4.99 Å². The molecule has 1 amide bonds. The standard InChI is InChI=1S/C14H15ClN2OS/c1-3-17(4-2)14-16-13(18)12(19-14)9-10-5-7-11(15)8-6-10/h5-9H,3-4H2,1-2H3. The number of amides is 1. The Morgan fingerprint density at radius 1 is 1.26 bits per heavy atom. The van der Waals surface area contributed by atoms with Crippen molar-refractivity contribution >= 4 is 40.5 Å². The fraction of sp³-hybridized carbons (Fsp3) is 0.286. The normalized spacial score (nSPS) is 16.9. The Hall–Kier alpha value is -1.26. The Balaban J connectivity index is 2.17. The van der Waals surface area contributed by atoms with E-state index in [-0.39, 0.29) is 5.91 Å². The van der Waals surface area contributed by atoms with Gasteiger partial charge in [-0.15, -0.1) is 0 Å². The van der Waals surface area contributed by atoms with E-state index in [4.69, 9.17) is 11.6 Å². The van der Waals surface area contributed by atoms with Crippen molar-refractivity contribution in [3.63, 3.8) is 0 Å². The monoisotopic (exact) mass is 294 g/mol. The molecule has 0 radical (unpaired) electrons. The maximum absolute atomic E-state index is 11.9. The second kappa shape index (κ2) is 6.26. The van der Waals surface area contributed by atoms with Gasteiger partial charge in [0.1, 0.15) is 0 Å². The molecular formula is C14H15ClN2OS. The van der Waals surface area contributed by atoms with Crippen LogP contribution in [0.5, 0.6) is 0 Å². The van der Waals surface area contributed by atoms with Gasteiger partial charge in [0, 0.05) is 18.1 Å². The zero-order valence-corrected chi connectivity index (χ0v) is 12.5. The van der Waals surface area contributed by atoms with Crippen molar-refractivity contribution < 1.29 is 4.79 Å². The molecule has 0 fully saturated rings. The molecule has 100 valence electrons. The van der Waals surface area contributed by atoms with E-state index in [1.165, 1.54) is 11.8 Å². The van der Waals surface area contributed by atoms with Gasteiger partial charge in [-0.05, 0) is 49.4 Å². The summed E-state index contributed by atoms with van der Waals surface area (Å²) in [5.41, 5.74) is 0.955. The Morgan fingerprint density at radius 3 is 2.47 bits per heavy atom. The quantitative estimate of drug-likeness (QED) is 0.798. The van der Waals surface area contributed by atoms with Crippen LogP contribution in [0.2, 0.25) is 5.02 Å². The molecule has 1 heterocycles. The van der Waals surface area contributed by atoms with E-state index in [1.807, 2.05) is 30.3 Å². The van der Waals surface area contributed by atoms with Crippen molar-refractivity contribution in [2.75, 3.05) is 13.1 Å². The molecule has 0 N–H and O–H groups in total. The third kappa shape index (κ3) is 3.39. The lowest BCUT2D eigenvalue weighted by Gasteiger charge is -2.18. The molecule has 0 bridgehead atoms. The van der Waals surface area contributed by atoms with Crippen LogP contribution in [0.4, 0.5) is 0 Å². The molecule has 0 aromatic heterocycles.